The van der Waals surface area contributed by atoms with Crippen molar-refractivity contribution >= 4 is 17.7 Å². The second kappa shape index (κ2) is 8.16. The lowest BCUT2D eigenvalue weighted by Gasteiger charge is -2.04. The molecule has 17 heavy (non-hydrogen) atoms. The number of hydrogen-bond acceptors (Lipinski definition) is 2. The predicted molar refractivity (Wildman–Crippen MR) is 74.5 cm³/mol. The minimum absolute atomic E-state index is 0.0655. The first kappa shape index (κ1) is 15.0. The summed E-state index contributed by atoms with van der Waals surface area (Å²) in [5.41, 5.74) is 7.60. The molecule has 1 amide bonds. The molecule has 0 aliphatic heterocycles. The highest BCUT2D eigenvalue weighted by atomic mass is 16.1. The number of para-hydroxylation sites is 1. The third-order valence-electron chi connectivity index (χ3n) is 1.95. The molecule has 0 aromatic heterocycles. The lowest BCUT2D eigenvalue weighted by atomic mass is 10.2. The van der Waals surface area contributed by atoms with Gasteiger partial charge in [0.2, 0.25) is 5.91 Å². The van der Waals surface area contributed by atoms with Crippen LogP contribution in [0.3, 0.4) is 0 Å². The van der Waals surface area contributed by atoms with Gasteiger partial charge in [-0.2, -0.15) is 0 Å². The van der Waals surface area contributed by atoms with Gasteiger partial charge in [0.15, 0.2) is 0 Å². The standard InChI is InChI=1S/C10H11NO.C4H9N/c1-3-9-6-4-5-7-10(9)11-8(2)12;1-3-4(2)5/h3-7H,1H2,2H3,(H,11,12);2-3,5H2,1H3. The summed E-state index contributed by atoms with van der Waals surface area (Å²) >= 11 is 0. The van der Waals surface area contributed by atoms with Crippen LogP contribution < -0.4 is 11.1 Å². The van der Waals surface area contributed by atoms with Crippen LogP contribution in [0.4, 0.5) is 5.69 Å². The maximum Gasteiger partial charge on any atom is 0.221 e. The van der Waals surface area contributed by atoms with E-state index in [1.54, 1.807) is 6.08 Å². The Morgan fingerprint density at radius 1 is 1.47 bits per heavy atom. The van der Waals surface area contributed by atoms with Crippen molar-refractivity contribution in [2.24, 2.45) is 5.73 Å². The van der Waals surface area contributed by atoms with E-state index in [-0.39, 0.29) is 5.91 Å². The predicted octanol–water partition coefficient (Wildman–Crippen LogP) is 3.16. The van der Waals surface area contributed by atoms with Crippen molar-refractivity contribution in [3.05, 3.63) is 48.7 Å². The first-order chi connectivity index (χ1) is 8.01. The SMILES string of the molecule is C=C(N)CC.C=Cc1ccccc1NC(C)=O. The van der Waals surface area contributed by atoms with Crippen molar-refractivity contribution in [1.29, 1.82) is 0 Å². The summed E-state index contributed by atoms with van der Waals surface area (Å²) in [5, 5.41) is 2.71. The summed E-state index contributed by atoms with van der Waals surface area (Å²) in [5.74, 6) is -0.0655. The van der Waals surface area contributed by atoms with Crippen molar-refractivity contribution in [3.8, 4) is 0 Å². The molecule has 1 aromatic rings. The zero-order valence-electron chi connectivity index (χ0n) is 10.5. The largest absolute Gasteiger partial charge is 0.403 e. The van der Waals surface area contributed by atoms with Gasteiger partial charge in [0, 0.05) is 18.3 Å². The normalized spacial score (nSPS) is 8.59. The second-order valence-corrected chi connectivity index (χ2v) is 3.48. The molecule has 3 nitrogen and oxygen atoms in total. The highest BCUT2D eigenvalue weighted by Gasteiger charge is 1.97. The summed E-state index contributed by atoms with van der Waals surface area (Å²) in [6.45, 7) is 10.6. The number of rotatable bonds is 3. The minimum Gasteiger partial charge on any atom is -0.403 e. The highest BCUT2D eigenvalue weighted by Crippen LogP contribution is 2.15. The van der Waals surface area contributed by atoms with Crippen LogP contribution in [0.2, 0.25) is 0 Å². The Balaban J connectivity index is 0.000000437. The number of carbonyl (C=O) groups excluding carboxylic acids is 1. The van der Waals surface area contributed by atoms with Crippen molar-refractivity contribution in [2.75, 3.05) is 5.32 Å². The fourth-order valence-corrected chi connectivity index (χ4v) is 0.978. The molecular formula is C14H20N2O. The lowest BCUT2D eigenvalue weighted by Crippen LogP contribution is -2.06. The molecule has 0 atom stereocenters. The van der Waals surface area contributed by atoms with E-state index in [1.165, 1.54) is 6.92 Å². The van der Waals surface area contributed by atoms with Crippen molar-refractivity contribution in [2.45, 2.75) is 20.3 Å². The molecule has 3 N–H and O–H groups in total. The van der Waals surface area contributed by atoms with E-state index < -0.39 is 0 Å². The molecule has 0 radical (unpaired) electrons. The van der Waals surface area contributed by atoms with E-state index in [1.807, 2.05) is 31.2 Å². The summed E-state index contributed by atoms with van der Waals surface area (Å²) in [7, 11) is 0. The summed E-state index contributed by atoms with van der Waals surface area (Å²) in [4.78, 5) is 10.7. The Kier molecular flexibility index (Phi) is 7.19. The zero-order valence-corrected chi connectivity index (χ0v) is 10.5. The number of nitrogens with two attached hydrogens (primary N) is 1. The van der Waals surface area contributed by atoms with E-state index in [0.29, 0.717) is 0 Å². The molecule has 0 fully saturated rings. The molecule has 3 heteroatoms. The molecule has 1 aromatic carbocycles. The summed E-state index contributed by atoms with van der Waals surface area (Å²) < 4.78 is 0. The van der Waals surface area contributed by atoms with Gasteiger partial charge in [0.05, 0.1) is 0 Å². The topological polar surface area (TPSA) is 55.1 Å². The van der Waals surface area contributed by atoms with Gasteiger partial charge in [-0.05, 0) is 18.1 Å². The average Bonchev–Trinajstić information content (AvgIpc) is 2.29. The highest BCUT2D eigenvalue weighted by molar-refractivity contribution is 5.91. The fourth-order valence-electron chi connectivity index (χ4n) is 0.978. The van der Waals surface area contributed by atoms with Crippen LogP contribution in [0, 0.1) is 0 Å². The third kappa shape index (κ3) is 6.95. The maximum absolute atomic E-state index is 10.7. The van der Waals surface area contributed by atoms with Gasteiger partial charge in [-0.3, -0.25) is 4.79 Å². The number of anilines is 1. The number of nitrogens with one attached hydrogen (secondary N) is 1. The van der Waals surface area contributed by atoms with E-state index in [0.717, 1.165) is 23.4 Å². The van der Waals surface area contributed by atoms with E-state index in [4.69, 9.17) is 5.73 Å². The molecule has 0 saturated heterocycles. The van der Waals surface area contributed by atoms with Crippen LogP contribution in [0.15, 0.2) is 43.1 Å². The van der Waals surface area contributed by atoms with Crippen LogP contribution in [-0.2, 0) is 4.79 Å². The Morgan fingerprint density at radius 3 is 2.41 bits per heavy atom. The van der Waals surface area contributed by atoms with Gasteiger partial charge < -0.3 is 11.1 Å². The van der Waals surface area contributed by atoms with Crippen LogP contribution in [0.25, 0.3) is 6.08 Å². The number of allylic oxidation sites excluding steroid dienone is 1. The minimum atomic E-state index is -0.0655. The monoisotopic (exact) mass is 232 g/mol. The molecule has 92 valence electrons. The molecule has 0 aliphatic carbocycles. The number of benzene rings is 1. The van der Waals surface area contributed by atoms with Gasteiger partial charge in [0.1, 0.15) is 0 Å². The van der Waals surface area contributed by atoms with Gasteiger partial charge in [-0.15, -0.1) is 0 Å². The van der Waals surface area contributed by atoms with Crippen molar-refractivity contribution in [3.63, 3.8) is 0 Å². The number of carbonyl (C=O) groups is 1. The first-order valence-corrected chi connectivity index (χ1v) is 5.43. The van der Waals surface area contributed by atoms with Gasteiger partial charge >= 0.3 is 0 Å². The average molecular weight is 232 g/mol. The Morgan fingerprint density at radius 2 is 2.00 bits per heavy atom. The molecular weight excluding hydrogens is 212 g/mol. The van der Waals surface area contributed by atoms with Gasteiger partial charge in [-0.25, -0.2) is 0 Å². The molecule has 1 rings (SSSR count). The molecule has 0 aliphatic rings. The van der Waals surface area contributed by atoms with E-state index in [9.17, 15) is 4.79 Å². The smallest absolute Gasteiger partial charge is 0.221 e. The fraction of sp³-hybridized carbons (Fsp3) is 0.214. The van der Waals surface area contributed by atoms with E-state index in [2.05, 4.69) is 18.5 Å². The van der Waals surface area contributed by atoms with Crippen LogP contribution in [0.1, 0.15) is 25.8 Å². The Labute approximate surface area is 103 Å². The summed E-state index contributed by atoms with van der Waals surface area (Å²) in [6.07, 6.45) is 2.60. The van der Waals surface area contributed by atoms with Crippen LogP contribution in [0.5, 0.6) is 0 Å². The quantitative estimate of drug-likeness (QED) is 0.841. The molecule has 0 spiro atoms. The first-order valence-electron chi connectivity index (χ1n) is 5.43. The van der Waals surface area contributed by atoms with E-state index >= 15 is 0 Å². The number of hydrogen-bond donors (Lipinski definition) is 2. The molecule has 0 heterocycles. The van der Waals surface area contributed by atoms with Crippen LogP contribution >= 0.6 is 0 Å². The van der Waals surface area contributed by atoms with Gasteiger partial charge in [0.25, 0.3) is 0 Å². The molecule has 0 saturated carbocycles. The Bertz CT molecular complexity index is 397. The van der Waals surface area contributed by atoms with Crippen molar-refractivity contribution < 1.29 is 4.79 Å². The van der Waals surface area contributed by atoms with Crippen LogP contribution in [-0.4, -0.2) is 5.91 Å². The summed E-state index contributed by atoms with van der Waals surface area (Å²) in [6, 6.07) is 7.53. The second-order valence-electron chi connectivity index (χ2n) is 3.48. The van der Waals surface area contributed by atoms with Gasteiger partial charge in [-0.1, -0.05) is 44.4 Å². The molecule has 0 bridgehead atoms. The van der Waals surface area contributed by atoms with Crippen molar-refractivity contribution in [1.82, 2.24) is 0 Å². The number of amides is 1. The zero-order chi connectivity index (χ0) is 13.3. The Hall–Kier alpha value is -2.03. The third-order valence-corrected chi connectivity index (χ3v) is 1.95. The lowest BCUT2D eigenvalue weighted by molar-refractivity contribution is -0.114. The molecule has 0 unspecified atom stereocenters. The maximum atomic E-state index is 10.7.